The molecule has 4 fully saturated rings. The summed E-state index contributed by atoms with van der Waals surface area (Å²) in [5.74, 6) is 1.05. The topological polar surface area (TPSA) is 81.7 Å². The first kappa shape index (κ1) is 19.2. The van der Waals surface area contributed by atoms with Gasteiger partial charge in [-0.2, -0.15) is 0 Å². The highest BCUT2D eigenvalue weighted by atomic mass is 16.5. The summed E-state index contributed by atoms with van der Waals surface area (Å²) in [6, 6.07) is -0.703. The van der Waals surface area contributed by atoms with Crippen LogP contribution in [0.4, 0.5) is 0 Å². The van der Waals surface area contributed by atoms with E-state index in [-0.39, 0.29) is 23.9 Å². The van der Waals surface area contributed by atoms with Crippen LogP contribution in [-0.2, 0) is 23.9 Å². The molecular weight excluding hydrogens is 334 g/mol. The third-order valence-corrected chi connectivity index (χ3v) is 6.33. The number of carbonyl (C=O) groups is 3. The van der Waals surface area contributed by atoms with Gasteiger partial charge in [-0.1, -0.05) is 13.8 Å². The van der Waals surface area contributed by atoms with E-state index in [1.807, 2.05) is 13.8 Å². The van der Waals surface area contributed by atoms with Crippen molar-refractivity contribution in [2.24, 2.45) is 29.1 Å². The van der Waals surface area contributed by atoms with E-state index in [1.165, 1.54) is 26.4 Å². The van der Waals surface area contributed by atoms with Crippen molar-refractivity contribution in [1.29, 1.82) is 0 Å². The Hall–Kier alpha value is -1.59. The summed E-state index contributed by atoms with van der Waals surface area (Å²) < 4.78 is 10.1. The molecule has 4 aliphatic rings. The Morgan fingerprint density at radius 1 is 1.04 bits per heavy atom. The highest BCUT2D eigenvalue weighted by Crippen LogP contribution is 2.60. The van der Waals surface area contributed by atoms with E-state index in [9.17, 15) is 14.4 Å². The van der Waals surface area contributed by atoms with Gasteiger partial charge in [0.2, 0.25) is 0 Å². The Morgan fingerprint density at radius 3 is 2.04 bits per heavy atom. The molecule has 146 valence electrons. The van der Waals surface area contributed by atoms with E-state index in [2.05, 4.69) is 5.32 Å². The predicted octanol–water partition coefficient (Wildman–Crippen LogP) is 2.45. The summed E-state index contributed by atoms with van der Waals surface area (Å²) in [6.45, 7) is 3.61. The lowest BCUT2D eigenvalue weighted by atomic mass is 9.49. The van der Waals surface area contributed by atoms with Crippen molar-refractivity contribution in [3.8, 4) is 0 Å². The van der Waals surface area contributed by atoms with Crippen molar-refractivity contribution >= 4 is 17.8 Å². The molecule has 4 rings (SSSR count). The third-order valence-electron chi connectivity index (χ3n) is 6.33. The Labute approximate surface area is 155 Å². The lowest BCUT2D eigenvalue weighted by molar-refractivity contribution is -0.173. The van der Waals surface area contributed by atoms with Gasteiger partial charge in [0.05, 0.1) is 12.5 Å². The molecule has 0 radical (unpaired) electrons. The minimum atomic E-state index is -0.703. The van der Waals surface area contributed by atoms with Crippen LogP contribution in [0, 0.1) is 29.1 Å². The Balaban J connectivity index is 1.52. The normalized spacial score (nSPS) is 33.0. The molecule has 4 aliphatic carbocycles. The van der Waals surface area contributed by atoms with Gasteiger partial charge in [-0.05, 0) is 68.6 Å². The smallest absolute Gasteiger partial charge is 0.328 e. The van der Waals surface area contributed by atoms with E-state index in [1.54, 1.807) is 0 Å². The van der Waals surface area contributed by atoms with Crippen molar-refractivity contribution < 1.29 is 23.9 Å². The van der Waals surface area contributed by atoms with Crippen molar-refractivity contribution in [3.05, 3.63) is 0 Å². The Kier molecular flexibility index (Phi) is 5.58. The zero-order chi connectivity index (χ0) is 18.9. The predicted molar refractivity (Wildman–Crippen MR) is 95.0 cm³/mol. The summed E-state index contributed by atoms with van der Waals surface area (Å²) in [7, 11) is 1.30. The van der Waals surface area contributed by atoms with Gasteiger partial charge in [0.25, 0.3) is 5.91 Å². The van der Waals surface area contributed by atoms with Crippen molar-refractivity contribution in [1.82, 2.24) is 5.32 Å². The van der Waals surface area contributed by atoms with E-state index in [0.29, 0.717) is 24.2 Å². The molecule has 4 bridgehead atoms. The highest BCUT2D eigenvalue weighted by molar-refractivity contribution is 5.87. The van der Waals surface area contributed by atoms with Crippen molar-refractivity contribution in [3.63, 3.8) is 0 Å². The zero-order valence-electron chi connectivity index (χ0n) is 16.1. The molecule has 0 saturated heterocycles. The molecule has 1 atom stereocenters. The van der Waals surface area contributed by atoms with E-state index < -0.39 is 17.9 Å². The molecule has 26 heavy (non-hydrogen) atoms. The van der Waals surface area contributed by atoms with Crippen LogP contribution < -0.4 is 5.32 Å². The highest BCUT2D eigenvalue weighted by Gasteiger charge is 2.55. The van der Waals surface area contributed by atoms with Gasteiger partial charge in [0.1, 0.15) is 6.04 Å². The molecule has 0 aromatic heterocycles. The molecule has 6 heteroatoms. The van der Waals surface area contributed by atoms with Crippen molar-refractivity contribution in [2.75, 3.05) is 13.7 Å². The standard InChI is InChI=1S/C20H31NO5/c1-12(2)4-16(18(23)25-3)21-17(22)11-26-19(24)20-8-13-5-14(9-20)7-15(6-13)10-20/h12-16H,4-11H2,1-3H3,(H,21,22)/t13?,14?,15?,16-,20?/m1/s1. The van der Waals surface area contributed by atoms with Gasteiger partial charge in [0.15, 0.2) is 6.61 Å². The summed E-state index contributed by atoms with van der Waals surface area (Å²) in [5.41, 5.74) is -0.366. The summed E-state index contributed by atoms with van der Waals surface area (Å²) in [5, 5.41) is 2.64. The monoisotopic (exact) mass is 365 g/mol. The van der Waals surface area contributed by atoms with Crippen LogP contribution in [0.2, 0.25) is 0 Å². The number of methoxy groups -OCH3 is 1. The molecule has 0 aromatic carbocycles. The van der Waals surface area contributed by atoms with E-state index >= 15 is 0 Å². The van der Waals surface area contributed by atoms with Crippen LogP contribution in [-0.4, -0.2) is 37.6 Å². The number of esters is 2. The van der Waals surface area contributed by atoms with Gasteiger partial charge in [-0.25, -0.2) is 4.79 Å². The average molecular weight is 365 g/mol. The first-order valence-corrected chi connectivity index (χ1v) is 9.85. The van der Waals surface area contributed by atoms with Crippen LogP contribution in [0.1, 0.15) is 58.8 Å². The van der Waals surface area contributed by atoms with Gasteiger partial charge in [-0.15, -0.1) is 0 Å². The Morgan fingerprint density at radius 2 is 1.58 bits per heavy atom. The largest absolute Gasteiger partial charge is 0.467 e. The van der Waals surface area contributed by atoms with Gasteiger partial charge in [0, 0.05) is 0 Å². The minimum absolute atomic E-state index is 0.217. The maximum absolute atomic E-state index is 12.8. The van der Waals surface area contributed by atoms with Crippen molar-refractivity contribution in [2.45, 2.75) is 64.8 Å². The summed E-state index contributed by atoms with van der Waals surface area (Å²) in [4.78, 5) is 36.8. The van der Waals surface area contributed by atoms with Crippen LogP contribution in [0.25, 0.3) is 0 Å². The van der Waals surface area contributed by atoms with E-state index in [4.69, 9.17) is 9.47 Å². The molecular formula is C20H31NO5. The fraction of sp³-hybridized carbons (Fsp3) is 0.850. The van der Waals surface area contributed by atoms with Crippen LogP contribution >= 0.6 is 0 Å². The average Bonchev–Trinajstić information content (AvgIpc) is 2.56. The number of amides is 1. The molecule has 6 nitrogen and oxygen atoms in total. The summed E-state index contributed by atoms with van der Waals surface area (Å²) >= 11 is 0. The molecule has 1 amide bonds. The fourth-order valence-electron chi connectivity index (χ4n) is 5.71. The number of hydrogen-bond acceptors (Lipinski definition) is 5. The number of ether oxygens (including phenoxy) is 2. The van der Waals surface area contributed by atoms with Crippen LogP contribution in [0.5, 0.6) is 0 Å². The molecule has 0 heterocycles. The second kappa shape index (κ2) is 7.57. The van der Waals surface area contributed by atoms with E-state index in [0.717, 1.165) is 19.3 Å². The molecule has 4 saturated carbocycles. The first-order chi connectivity index (χ1) is 12.3. The van der Waals surface area contributed by atoms with Gasteiger partial charge >= 0.3 is 11.9 Å². The number of carbonyl (C=O) groups excluding carboxylic acids is 3. The van der Waals surface area contributed by atoms with Gasteiger partial charge < -0.3 is 14.8 Å². The second-order valence-electron chi connectivity index (χ2n) is 9.05. The maximum Gasteiger partial charge on any atom is 0.328 e. The number of nitrogens with one attached hydrogen (secondary N) is 1. The zero-order valence-corrected chi connectivity index (χ0v) is 16.1. The number of rotatable bonds is 7. The minimum Gasteiger partial charge on any atom is -0.467 e. The van der Waals surface area contributed by atoms with Crippen LogP contribution in [0.15, 0.2) is 0 Å². The van der Waals surface area contributed by atoms with Crippen LogP contribution in [0.3, 0.4) is 0 Å². The summed E-state index contributed by atoms with van der Waals surface area (Å²) in [6.07, 6.45) is 6.99. The molecule has 0 unspecified atom stereocenters. The maximum atomic E-state index is 12.8. The third kappa shape index (κ3) is 4.04. The van der Waals surface area contributed by atoms with Gasteiger partial charge in [-0.3, -0.25) is 9.59 Å². The fourth-order valence-corrected chi connectivity index (χ4v) is 5.71. The first-order valence-electron chi connectivity index (χ1n) is 9.85. The lowest BCUT2D eigenvalue weighted by Crippen LogP contribution is -2.51. The second-order valence-corrected chi connectivity index (χ2v) is 9.05. The molecule has 1 N–H and O–H groups in total. The molecule has 0 aliphatic heterocycles. The SMILES string of the molecule is COC(=O)[C@@H](CC(C)C)NC(=O)COC(=O)C12CC3CC(CC(C3)C1)C2. The molecule has 0 aromatic rings. The molecule has 0 spiro atoms. The lowest BCUT2D eigenvalue weighted by Gasteiger charge is -2.55. The quantitative estimate of drug-likeness (QED) is 0.701. The number of hydrogen-bond donors (Lipinski definition) is 1. The Bertz CT molecular complexity index is 535.